The van der Waals surface area contributed by atoms with E-state index in [9.17, 15) is 8.78 Å². The van der Waals surface area contributed by atoms with E-state index in [2.05, 4.69) is 4.98 Å². The molecule has 0 amide bonds. The third-order valence-electron chi connectivity index (χ3n) is 2.04. The SMILES string of the molecule is CCc1ccc(C(C)(F)CF)cn1. The summed E-state index contributed by atoms with van der Waals surface area (Å²) in [6.45, 7) is 2.17. The van der Waals surface area contributed by atoms with E-state index in [0.29, 0.717) is 5.56 Å². The van der Waals surface area contributed by atoms with Gasteiger partial charge in [-0.05, 0) is 19.4 Å². The molecule has 3 heteroatoms. The van der Waals surface area contributed by atoms with Crippen molar-refractivity contribution in [2.45, 2.75) is 25.9 Å². The van der Waals surface area contributed by atoms with Gasteiger partial charge in [-0.1, -0.05) is 13.0 Å². The van der Waals surface area contributed by atoms with Gasteiger partial charge in [0.1, 0.15) is 6.67 Å². The fraction of sp³-hybridized carbons (Fsp3) is 0.500. The molecule has 0 saturated heterocycles. The molecular formula is C10H13F2N. The fourth-order valence-electron chi connectivity index (χ4n) is 1.02. The van der Waals surface area contributed by atoms with E-state index in [1.165, 1.54) is 13.1 Å². The Labute approximate surface area is 76.8 Å². The lowest BCUT2D eigenvalue weighted by molar-refractivity contribution is 0.142. The Balaban J connectivity index is 2.92. The molecular weight excluding hydrogens is 172 g/mol. The molecule has 0 aliphatic rings. The standard InChI is InChI=1S/C10H13F2N/c1-3-9-5-4-8(6-13-9)10(2,12)7-11/h4-6H,3,7H2,1-2H3. The van der Waals surface area contributed by atoms with Crippen LogP contribution in [0.4, 0.5) is 8.78 Å². The number of hydrogen-bond donors (Lipinski definition) is 0. The van der Waals surface area contributed by atoms with Crippen molar-refractivity contribution < 1.29 is 8.78 Å². The Hall–Kier alpha value is -0.990. The summed E-state index contributed by atoms with van der Waals surface area (Å²) in [7, 11) is 0. The van der Waals surface area contributed by atoms with Crippen LogP contribution in [0.15, 0.2) is 18.3 Å². The van der Waals surface area contributed by atoms with Crippen LogP contribution in [0.5, 0.6) is 0 Å². The number of nitrogens with zero attached hydrogens (tertiary/aromatic N) is 1. The van der Waals surface area contributed by atoms with Gasteiger partial charge in [0.05, 0.1) is 0 Å². The molecule has 0 aliphatic heterocycles. The Morgan fingerprint density at radius 1 is 1.46 bits per heavy atom. The van der Waals surface area contributed by atoms with Gasteiger partial charge in [-0.2, -0.15) is 0 Å². The average Bonchev–Trinajstić information content (AvgIpc) is 2.18. The number of aryl methyl sites for hydroxylation is 1. The van der Waals surface area contributed by atoms with Gasteiger partial charge < -0.3 is 0 Å². The van der Waals surface area contributed by atoms with Crippen LogP contribution < -0.4 is 0 Å². The molecule has 0 spiro atoms. The van der Waals surface area contributed by atoms with Crippen LogP contribution in [-0.2, 0) is 12.1 Å². The minimum absolute atomic E-state index is 0.298. The van der Waals surface area contributed by atoms with Gasteiger partial charge in [0, 0.05) is 17.5 Å². The lowest BCUT2D eigenvalue weighted by atomic mass is 10.0. The Kier molecular flexibility index (Phi) is 2.96. The smallest absolute Gasteiger partial charge is 0.162 e. The molecule has 0 saturated carbocycles. The van der Waals surface area contributed by atoms with Crippen molar-refractivity contribution in [2.75, 3.05) is 6.67 Å². The van der Waals surface area contributed by atoms with E-state index < -0.39 is 12.3 Å². The summed E-state index contributed by atoms with van der Waals surface area (Å²) in [6.07, 6.45) is 2.21. The summed E-state index contributed by atoms with van der Waals surface area (Å²) in [6, 6.07) is 3.31. The number of aromatic nitrogens is 1. The molecule has 1 aromatic rings. The lowest BCUT2D eigenvalue weighted by Gasteiger charge is -2.15. The number of hydrogen-bond acceptors (Lipinski definition) is 1. The Bertz CT molecular complexity index is 267. The van der Waals surface area contributed by atoms with Gasteiger partial charge in [-0.25, -0.2) is 8.78 Å². The number of halogens is 2. The second-order valence-electron chi connectivity index (χ2n) is 3.22. The maximum absolute atomic E-state index is 13.4. The predicted octanol–water partition coefficient (Wildman–Crippen LogP) is 2.80. The van der Waals surface area contributed by atoms with Crippen molar-refractivity contribution >= 4 is 0 Å². The molecule has 13 heavy (non-hydrogen) atoms. The first-order chi connectivity index (χ1) is 6.10. The third kappa shape index (κ3) is 2.23. The molecule has 72 valence electrons. The molecule has 1 nitrogen and oxygen atoms in total. The first kappa shape index (κ1) is 10.1. The number of pyridine rings is 1. The molecule has 1 unspecified atom stereocenters. The zero-order valence-electron chi connectivity index (χ0n) is 7.85. The molecule has 0 radical (unpaired) electrons. The highest BCUT2D eigenvalue weighted by molar-refractivity contribution is 5.20. The van der Waals surface area contributed by atoms with Crippen molar-refractivity contribution in [3.8, 4) is 0 Å². The van der Waals surface area contributed by atoms with Gasteiger partial charge in [0.25, 0.3) is 0 Å². The summed E-state index contributed by atoms with van der Waals surface area (Å²) in [5.41, 5.74) is -0.718. The van der Waals surface area contributed by atoms with E-state index in [1.54, 1.807) is 12.1 Å². The second kappa shape index (κ2) is 3.81. The summed E-state index contributed by atoms with van der Waals surface area (Å²) >= 11 is 0. The van der Waals surface area contributed by atoms with Crippen LogP contribution in [0, 0.1) is 0 Å². The van der Waals surface area contributed by atoms with Crippen LogP contribution in [0.25, 0.3) is 0 Å². The van der Waals surface area contributed by atoms with Crippen molar-refractivity contribution in [1.82, 2.24) is 4.98 Å². The van der Waals surface area contributed by atoms with Crippen LogP contribution in [0.3, 0.4) is 0 Å². The van der Waals surface area contributed by atoms with Gasteiger partial charge >= 0.3 is 0 Å². The molecule has 0 aromatic carbocycles. The van der Waals surface area contributed by atoms with Crippen molar-refractivity contribution in [3.63, 3.8) is 0 Å². The summed E-state index contributed by atoms with van der Waals surface area (Å²) in [4.78, 5) is 4.00. The fourth-order valence-corrected chi connectivity index (χ4v) is 1.02. The maximum atomic E-state index is 13.4. The Morgan fingerprint density at radius 3 is 2.54 bits per heavy atom. The van der Waals surface area contributed by atoms with Crippen LogP contribution in [0.2, 0.25) is 0 Å². The topological polar surface area (TPSA) is 12.9 Å². The molecule has 0 aliphatic carbocycles. The van der Waals surface area contributed by atoms with Crippen LogP contribution in [0.1, 0.15) is 25.1 Å². The Morgan fingerprint density at radius 2 is 2.15 bits per heavy atom. The number of rotatable bonds is 3. The van der Waals surface area contributed by atoms with Gasteiger partial charge in [0.2, 0.25) is 0 Å². The first-order valence-electron chi connectivity index (χ1n) is 4.30. The van der Waals surface area contributed by atoms with E-state index in [1.807, 2.05) is 6.92 Å². The highest BCUT2D eigenvalue weighted by atomic mass is 19.2. The molecule has 1 atom stereocenters. The van der Waals surface area contributed by atoms with Crippen LogP contribution in [-0.4, -0.2) is 11.7 Å². The second-order valence-corrected chi connectivity index (χ2v) is 3.22. The normalized spacial score (nSPS) is 15.4. The molecule has 0 bridgehead atoms. The van der Waals surface area contributed by atoms with E-state index in [0.717, 1.165) is 12.1 Å². The van der Waals surface area contributed by atoms with E-state index in [-0.39, 0.29) is 0 Å². The zero-order valence-corrected chi connectivity index (χ0v) is 7.85. The van der Waals surface area contributed by atoms with Gasteiger partial charge in [0.15, 0.2) is 5.67 Å². The largest absolute Gasteiger partial charge is 0.261 e. The predicted molar refractivity (Wildman–Crippen MR) is 48.1 cm³/mol. The minimum Gasteiger partial charge on any atom is -0.261 e. The monoisotopic (exact) mass is 185 g/mol. The lowest BCUT2D eigenvalue weighted by Crippen LogP contribution is -2.17. The highest BCUT2D eigenvalue weighted by Crippen LogP contribution is 2.25. The van der Waals surface area contributed by atoms with E-state index in [4.69, 9.17) is 0 Å². The first-order valence-corrected chi connectivity index (χ1v) is 4.30. The summed E-state index contributed by atoms with van der Waals surface area (Å²) in [5, 5.41) is 0. The molecule has 1 heterocycles. The van der Waals surface area contributed by atoms with Crippen molar-refractivity contribution in [3.05, 3.63) is 29.6 Å². The average molecular weight is 185 g/mol. The molecule has 0 fully saturated rings. The third-order valence-corrected chi connectivity index (χ3v) is 2.04. The molecule has 1 aromatic heterocycles. The zero-order chi connectivity index (χ0) is 9.90. The van der Waals surface area contributed by atoms with E-state index >= 15 is 0 Å². The van der Waals surface area contributed by atoms with Crippen LogP contribution >= 0.6 is 0 Å². The highest BCUT2D eigenvalue weighted by Gasteiger charge is 2.25. The van der Waals surface area contributed by atoms with Crippen molar-refractivity contribution in [1.29, 1.82) is 0 Å². The summed E-state index contributed by atoms with van der Waals surface area (Å²) in [5.74, 6) is 0. The van der Waals surface area contributed by atoms with Gasteiger partial charge in [-0.15, -0.1) is 0 Å². The molecule has 0 N–H and O–H groups in total. The minimum atomic E-state index is -1.90. The van der Waals surface area contributed by atoms with Crippen molar-refractivity contribution in [2.24, 2.45) is 0 Å². The van der Waals surface area contributed by atoms with Gasteiger partial charge in [-0.3, -0.25) is 4.98 Å². The maximum Gasteiger partial charge on any atom is 0.162 e. The quantitative estimate of drug-likeness (QED) is 0.705. The molecule has 1 rings (SSSR count). The summed E-state index contributed by atoms with van der Waals surface area (Å²) < 4.78 is 25.6. The number of alkyl halides is 2.